The molecule has 2 amide bonds. The van der Waals surface area contributed by atoms with Crippen molar-refractivity contribution in [2.75, 3.05) is 11.9 Å². The van der Waals surface area contributed by atoms with Gasteiger partial charge in [0.15, 0.2) is 6.10 Å². The van der Waals surface area contributed by atoms with E-state index >= 15 is 0 Å². The third-order valence-corrected chi connectivity index (χ3v) is 4.99. The lowest BCUT2D eigenvalue weighted by atomic mass is 10.1. The smallest absolute Gasteiger partial charge is 0.265 e. The number of amides is 2. The van der Waals surface area contributed by atoms with Gasteiger partial charge in [0.1, 0.15) is 5.75 Å². The molecule has 1 aromatic carbocycles. The highest BCUT2D eigenvalue weighted by Crippen LogP contribution is 2.32. The highest BCUT2D eigenvalue weighted by molar-refractivity contribution is 5.97. The SMILES string of the molecule is CC[C@@H]1Oc2cc([C@H](C)NCC(=O)NC3CCCC3)ccc2NC1=O. The van der Waals surface area contributed by atoms with Gasteiger partial charge in [0.2, 0.25) is 5.91 Å². The van der Waals surface area contributed by atoms with Gasteiger partial charge in [-0.15, -0.1) is 0 Å². The summed E-state index contributed by atoms with van der Waals surface area (Å²) in [6.07, 6.45) is 4.79. The Morgan fingerprint density at radius 2 is 2.12 bits per heavy atom. The van der Waals surface area contributed by atoms with Crippen molar-refractivity contribution in [1.29, 1.82) is 0 Å². The van der Waals surface area contributed by atoms with Gasteiger partial charge < -0.3 is 20.7 Å². The van der Waals surface area contributed by atoms with Crippen molar-refractivity contribution in [3.8, 4) is 5.75 Å². The van der Waals surface area contributed by atoms with Crippen LogP contribution in [0, 0.1) is 0 Å². The quantitative estimate of drug-likeness (QED) is 0.740. The molecule has 136 valence electrons. The predicted molar refractivity (Wildman–Crippen MR) is 96.6 cm³/mol. The minimum Gasteiger partial charge on any atom is -0.478 e. The van der Waals surface area contributed by atoms with Crippen LogP contribution >= 0.6 is 0 Å². The summed E-state index contributed by atoms with van der Waals surface area (Å²) < 4.78 is 5.78. The Balaban J connectivity index is 1.56. The van der Waals surface area contributed by atoms with Crippen LogP contribution in [-0.4, -0.2) is 30.5 Å². The molecular weight excluding hydrogens is 318 g/mol. The van der Waals surface area contributed by atoms with Crippen LogP contribution in [-0.2, 0) is 9.59 Å². The first kappa shape index (κ1) is 17.7. The van der Waals surface area contributed by atoms with E-state index in [1.807, 2.05) is 32.0 Å². The first-order chi connectivity index (χ1) is 12.1. The van der Waals surface area contributed by atoms with Crippen LogP contribution in [0.25, 0.3) is 0 Å². The number of fused-ring (bicyclic) bond motifs is 1. The Bertz CT molecular complexity index is 641. The zero-order valence-electron chi connectivity index (χ0n) is 14.9. The fourth-order valence-electron chi connectivity index (χ4n) is 3.41. The molecule has 3 rings (SSSR count). The number of hydrogen-bond acceptors (Lipinski definition) is 4. The normalized spacial score (nSPS) is 21.2. The molecule has 0 saturated heterocycles. The van der Waals surface area contributed by atoms with Crippen molar-refractivity contribution >= 4 is 17.5 Å². The molecule has 1 saturated carbocycles. The van der Waals surface area contributed by atoms with Crippen LogP contribution in [0.4, 0.5) is 5.69 Å². The molecule has 1 aliphatic carbocycles. The summed E-state index contributed by atoms with van der Waals surface area (Å²) >= 11 is 0. The van der Waals surface area contributed by atoms with Crippen molar-refractivity contribution in [2.24, 2.45) is 0 Å². The molecule has 6 nitrogen and oxygen atoms in total. The lowest BCUT2D eigenvalue weighted by Gasteiger charge is -2.26. The summed E-state index contributed by atoms with van der Waals surface area (Å²) in [5.74, 6) is 0.636. The van der Waals surface area contributed by atoms with E-state index in [4.69, 9.17) is 4.74 Å². The summed E-state index contributed by atoms with van der Waals surface area (Å²) in [5, 5.41) is 9.21. The van der Waals surface area contributed by atoms with Crippen molar-refractivity contribution < 1.29 is 14.3 Å². The van der Waals surface area contributed by atoms with E-state index in [0.717, 1.165) is 18.4 Å². The van der Waals surface area contributed by atoms with Crippen molar-refractivity contribution in [2.45, 2.75) is 64.1 Å². The zero-order valence-corrected chi connectivity index (χ0v) is 14.9. The number of carbonyl (C=O) groups excluding carboxylic acids is 2. The number of nitrogens with one attached hydrogen (secondary N) is 3. The first-order valence-corrected chi connectivity index (χ1v) is 9.21. The second-order valence-corrected chi connectivity index (χ2v) is 6.91. The van der Waals surface area contributed by atoms with E-state index in [-0.39, 0.29) is 17.9 Å². The van der Waals surface area contributed by atoms with E-state index in [9.17, 15) is 9.59 Å². The molecule has 1 heterocycles. The Labute approximate surface area is 148 Å². The summed E-state index contributed by atoms with van der Waals surface area (Å²) in [6, 6.07) is 6.09. The van der Waals surface area contributed by atoms with Crippen LogP contribution in [0.3, 0.4) is 0 Å². The predicted octanol–water partition coefficient (Wildman–Crippen LogP) is 2.51. The van der Waals surface area contributed by atoms with Crippen LogP contribution in [0.5, 0.6) is 5.75 Å². The van der Waals surface area contributed by atoms with Gasteiger partial charge in [0.05, 0.1) is 12.2 Å². The molecule has 0 unspecified atom stereocenters. The molecule has 3 N–H and O–H groups in total. The molecule has 0 radical (unpaired) electrons. The lowest BCUT2D eigenvalue weighted by Crippen LogP contribution is -2.39. The number of anilines is 1. The maximum absolute atomic E-state index is 12.0. The number of ether oxygens (including phenoxy) is 1. The van der Waals surface area contributed by atoms with Crippen molar-refractivity contribution in [1.82, 2.24) is 10.6 Å². The Morgan fingerprint density at radius 1 is 1.36 bits per heavy atom. The summed E-state index contributed by atoms with van der Waals surface area (Å²) in [4.78, 5) is 23.9. The third kappa shape index (κ3) is 4.31. The van der Waals surface area contributed by atoms with Gasteiger partial charge in [-0.3, -0.25) is 9.59 Å². The van der Waals surface area contributed by atoms with Gasteiger partial charge in [-0.05, 0) is 43.9 Å². The van der Waals surface area contributed by atoms with Gasteiger partial charge in [0.25, 0.3) is 5.91 Å². The Hall–Kier alpha value is -2.08. The molecule has 25 heavy (non-hydrogen) atoms. The van der Waals surface area contributed by atoms with Crippen molar-refractivity contribution in [3.63, 3.8) is 0 Å². The highest BCUT2D eigenvalue weighted by Gasteiger charge is 2.26. The first-order valence-electron chi connectivity index (χ1n) is 9.21. The van der Waals surface area contributed by atoms with E-state index in [1.165, 1.54) is 12.8 Å². The molecule has 2 aliphatic rings. The van der Waals surface area contributed by atoms with Crippen LogP contribution in [0.2, 0.25) is 0 Å². The fraction of sp³-hybridized carbons (Fsp3) is 0.579. The van der Waals surface area contributed by atoms with Crippen molar-refractivity contribution in [3.05, 3.63) is 23.8 Å². The minimum atomic E-state index is -0.441. The molecule has 1 aliphatic heterocycles. The summed E-state index contributed by atoms with van der Waals surface area (Å²) in [6.45, 7) is 4.24. The number of hydrogen-bond donors (Lipinski definition) is 3. The molecule has 0 bridgehead atoms. The molecule has 1 aromatic rings. The van der Waals surface area contributed by atoms with E-state index < -0.39 is 6.10 Å². The van der Waals surface area contributed by atoms with Crippen LogP contribution < -0.4 is 20.7 Å². The second-order valence-electron chi connectivity index (χ2n) is 6.91. The van der Waals surface area contributed by atoms with Gasteiger partial charge >= 0.3 is 0 Å². The van der Waals surface area contributed by atoms with E-state index in [0.29, 0.717) is 30.4 Å². The molecule has 2 atom stereocenters. The van der Waals surface area contributed by atoms with Gasteiger partial charge in [0, 0.05) is 12.1 Å². The summed E-state index contributed by atoms with van der Waals surface area (Å²) in [7, 11) is 0. The zero-order chi connectivity index (χ0) is 17.8. The largest absolute Gasteiger partial charge is 0.478 e. The molecular formula is C19H27N3O3. The number of benzene rings is 1. The lowest BCUT2D eigenvalue weighted by molar-refractivity contribution is -0.123. The van der Waals surface area contributed by atoms with Gasteiger partial charge in [-0.1, -0.05) is 25.8 Å². The Kier molecular flexibility index (Phi) is 5.58. The second kappa shape index (κ2) is 7.87. The van der Waals surface area contributed by atoms with Gasteiger partial charge in [-0.2, -0.15) is 0 Å². The monoisotopic (exact) mass is 345 g/mol. The molecule has 6 heteroatoms. The standard InChI is InChI=1S/C19H27N3O3/c1-3-16-19(24)22-15-9-8-13(10-17(15)25-16)12(2)20-11-18(23)21-14-6-4-5-7-14/h8-10,12,14,16,20H,3-7,11H2,1-2H3,(H,21,23)(H,22,24)/t12-,16-/m0/s1. The fourth-order valence-corrected chi connectivity index (χ4v) is 3.41. The topological polar surface area (TPSA) is 79.5 Å². The summed E-state index contributed by atoms with van der Waals surface area (Å²) in [5.41, 5.74) is 1.73. The van der Waals surface area contributed by atoms with E-state index in [1.54, 1.807) is 0 Å². The molecule has 1 fully saturated rings. The van der Waals surface area contributed by atoms with Crippen LogP contribution in [0.1, 0.15) is 57.6 Å². The molecule has 0 spiro atoms. The maximum Gasteiger partial charge on any atom is 0.265 e. The maximum atomic E-state index is 12.0. The van der Waals surface area contributed by atoms with E-state index in [2.05, 4.69) is 16.0 Å². The minimum absolute atomic E-state index is 0.0148. The molecule has 0 aromatic heterocycles. The third-order valence-electron chi connectivity index (χ3n) is 4.99. The Morgan fingerprint density at radius 3 is 2.84 bits per heavy atom. The average Bonchev–Trinajstić information content (AvgIpc) is 3.11. The number of rotatable bonds is 6. The number of carbonyl (C=O) groups is 2. The average molecular weight is 345 g/mol. The van der Waals surface area contributed by atoms with Gasteiger partial charge in [-0.25, -0.2) is 0 Å². The van der Waals surface area contributed by atoms with Crippen LogP contribution in [0.15, 0.2) is 18.2 Å². The highest BCUT2D eigenvalue weighted by atomic mass is 16.5.